The van der Waals surface area contributed by atoms with Crippen molar-refractivity contribution < 1.29 is 5.11 Å². The third-order valence-corrected chi connectivity index (χ3v) is 6.12. The lowest BCUT2D eigenvalue weighted by atomic mass is 9.78. The first kappa shape index (κ1) is 14.3. The summed E-state index contributed by atoms with van der Waals surface area (Å²) in [5.41, 5.74) is 0.845. The molecule has 0 bridgehead atoms. The number of piperidine rings is 1. The minimum Gasteiger partial charge on any atom is -0.396 e. The van der Waals surface area contributed by atoms with Gasteiger partial charge in [-0.05, 0) is 49.6 Å². The Morgan fingerprint density at radius 1 is 1.28 bits per heavy atom. The lowest BCUT2D eigenvalue weighted by Crippen LogP contribution is -2.40. The van der Waals surface area contributed by atoms with Crippen molar-refractivity contribution in [1.82, 2.24) is 4.90 Å². The molecule has 2 nitrogen and oxygen atoms in total. The predicted octanol–water partition coefficient (Wildman–Crippen LogP) is 3.15. The van der Waals surface area contributed by atoms with Gasteiger partial charge in [0.05, 0.1) is 0 Å². The van der Waals surface area contributed by atoms with Gasteiger partial charge in [0.1, 0.15) is 0 Å². The molecule has 1 N–H and O–H groups in total. The summed E-state index contributed by atoms with van der Waals surface area (Å²) in [4.78, 5) is 2.64. The fourth-order valence-electron chi connectivity index (χ4n) is 3.67. The Morgan fingerprint density at radius 2 is 1.89 bits per heavy atom. The van der Waals surface area contributed by atoms with Crippen molar-refractivity contribution >= 4 is 0 Å². The van der Waals surface area contributed by atoms with E-state index in [0.29, 0.717) is 17.9 Å². The summed E-state index contributed by atoms with van der Waals surface area (Å²) in [5.74, 6) is 1.37. The number of hydrogen-bond acceptors (Lipinski definition) is 2. The van der Waals surface area contributed by atoms with E-state index in [4.69, 9.17) is 0 Å². The molecule has 106 valence electrons. The van der Waals surface area contributed by atoms with Gasteiger partial charge in [-0.25, -0.2) is 0 Å². The Hall–Kier alpha value is -0.0800. The van der Waals surface area contributed by atoms with Crippen molar-refractivity contribution in [2.24, 2.45) is 22.7 Å². The first-order chi connectivity index (χ1) is 8.46. The van der Waals surface area contributed by atoms with Gasteiger partial charge in [0.25, 0.3) is 0 Å². The Labute approximate surface area is 113 Å². The molecule has 2 heteroatoms. The minimum atomic E-state index is 0.255. The number of nitrogens with zero attached hydrogens (tertiary/aromatic N) is 1. The van der Waals surface area contributed by atoms with Gasteiger partial charge in [-0.15, -0.1) is 0 Å². The van der Waals surface area contributed by atoms with Gasteiger partial charge in [0, 0.05) is 18.6 Å². The summed E-state index contributed by atoms with van der Waals surface area (Å²) in [7, 11) is 0. The van der Waals surface area contributed by atoms with Crippen molar-refractivity contribution in [3.05, 3.63) is 0 Å². The third kappa shape index (κ3) is 2.60. The van der Waals surface area contributed by atoms with Gasteiger partial charge in [0.2, 0.25) is 0 Å². The Balaban J connectivity index is 1.80. The highest BCUT2D eigenvalue weighted by molar-refractivity contribution is 5.05. The fourth-order valence-corrected chi connectivity index (χ4v) is 3.67. The van der Waals surface area contributed by atoms with Gasteiger partial charge < -0.3 is 10.0 Å². The molecule has 1 aliphatic heterocycles. The predicted molar refractivity (Wildman–Crippen MR) is 76.5 cm³/mol. The topological polar surface area (TPSA) is 23.5 Å². The number of rotatable bonds is 5. The second kappa shape index (κ2) is 5.13. The Kier molecular flexibility index (Phi) is 4.08. The maximum Gasteiger partial charge on any atom is 0.0493 e. The summed E-state index contributed by atoms with van der Waals surface area (Å²) in [6.45, 7) is 13.4. The number of aliphatic hydroxyl groups excluding tert-OH is 1. The van der Waals surface area contributed by atoms with Crippen molar-refractivity contribution in [1.29, 1.82) is 0 Å². The number of likely N-dealkylation sites (tertiary alicyclic amines) is 1. The summed E-state index contributed by atoms with van der Waals surface area (Å²) < 4.78 is 0. The molecule has 2 atom stereocenters. The smallest absolute Gasteiger partial charge is 0.0493 e. The highest BCUT2D eigenvalue weighted by Gasteiger charge is 2.55. The first-order valence-corrected chi connectivity index (χ1v) is 7.79. The van der Waals surface area contributed by atoms with Crippen LogP contribution >= 0.6 is 0 Å². The van der Waals surface area contributed by atoms with Gasteiger partial charge in [0.15, 0.2) is 0 Å². The molecule has 18 heavy (non-hydrogen) atoms. The quantitative estimate of drug-likeness (QED) is 0.813. The van der Waals surface area contributed by atoms with Gasteiger partial charge in [-0.1, -0.05) is 34.1 Å². The van der Waals surface area contributed by atoms with Crippen LogP contribution in [0.4, 0.5) is 0 Å². The van der Waals surface area contributed by atoms with Crippen molar-refractivity contribution in [2.75, 3.05) is 26.2 Å². The number of aliphatic hydroxyl groups is 1. The van der Waals surface area contributed by atoms with E-state index in [2.05, 4.69) is 32.6 Å². The molecule has 2 aliphatic rings. The van der Waals surface area contributed by atoms with Crippen molar-refractivity contribution in [3.63, 3.8) is 0 Å². The molecule has 0 amide bonds. The molecule has 1 saturated heterocycles. The molecular formula is C16H31NO. The van der Waals surface area contributed by atoms with Crippen LogP contribution in [0.1, 0.15) is 53.4 Å². The largest absolute Gasteiger partial charge is 0.396 e. The maximum absolute atomic E-state index is 9.63. The molecule has 1 aliphatic carbocycles. The zero-order valence-corrected chi connectivity index (χ0v) is 12.7. The van der Waals surface area contributed by atoms with E-state index in [1.165, 1.54) is 45.3 Å². The average molecular weight is 253 g/mol. The molecule has 1 saturated carbocycles. The van der Waals surface area contributed by atoms with Crippen LogP contribution in [-0.4, -0.2) is 36.2 Å². The second-order valence-corrected chi connectivity index (χ2v) is 7.41. The van der Waals surface area contributed by atoms with E-state index in [1.54, 1.807) is 0 Å². The molecule has 2 rings (SSSR count). The van der Waals surface area contributed by atoms with Crippen LogP contribution in [0.5, 0.6) is 0 Å². The molecule has 0 aromatic carbocycles. The third-order valence-electron chi connectivity index (χ3n) is 6.12. The highest BCUT2D eigenvalue weighted by atomic mass is 16.3. The summed E-state index contributed by atoms with van der Waals surface area (Å²) in [5, 5.41) is 9.63. The van der Waals surface area contributed by atoms with Crippen LogP contribution in [0.25, 0.3) is 0 Å². The van der Waals surface area contributed by atoms with Crippen LogP contribution in [0.15, 0.2) is 0 Å². The molecular weight excluding hydrogens is 222 g/mol. The summed E-state index contributed by atoms with van der Waals surface area (Å²) in [6.07, 6.45) is 5.26. The standard InChI is InChI=1S/C16H31NO/c1-5-15(4)6-8-17(9-7-15)11-14-10-16(14,12-18)13(2)3/h13-14,18H,5-12H2,1-4H3. The zero-order valence-electron chi connectivity index (χ0n) is 12.7. The van der Waals surface area contributed by atoms with Crippen LogP contribution in [0.2, 0.25) is 0 Å². The van der Waals surface area contributed by atoms with Crippen LogP contribution in [0.3, 0.4) is 0 Å². The maximum atomic E-state index is 9.63. The van der Waals surface area contributed by atoms with E-state index < -0.39 is 0 Å². The van der Waals surface area contributed by atoms with Gasteiger partial charge >= 0.3 is 0 Å². The van der Waals surface area contributed by atoms with E-state index in [0.717, 1.165) is 5.92 Å². The Morgan fingerprint density at radius 3 is 2.28 bits per heavy atom. The highest BCUT2D eigenvalue weighted by Crippen LogP contribution is 2.57. The van der Waals surface area contributed by atoms with Crippen LogP contribution < -0.4 is 0 Å². The van der Waals surface area contributed by atoms with Gasteiger partial charge in [-0.3, -0.25) is 0 Å². The van der Waals surface area contributed by atoms with Crippen LogP contribution in [0, 0.1) is 22.7 Å². The zero-order chi connectivity index (χ0) is 13.4. The first-order valence-electron chi connectivity index (χ1n) is 7.79. The summed E-state index contributed by atoms with van der Waals surface area (Å²) in [6, 6.07) is 0. The SMILES string of the molecule is CCC1(C)CCN(CC2CC2(CO)C(C)C)CC1. The van der Waals surface area contributed by atoms with E-state index >= 15 is 0 Å². The second-order valence-electron chi connectivity index (χ2n) is 7.41. The summed E-state index contributed by atoms with van der Waals surface area (Å²) >= 11 is 0. The fraction of sp³-hybridized carbons (Fsp3) is 1.00. The molecule has 0 radical (unpaired) electrons. The lowest BCUT2D eigenvalue weighted by molar-refractivity contribution is 0.0947. The van der Waals surface area contributed by atoms with Gasteiger partial charge in [-0.2, -0.15) is 0 Å². The molecule has 2 fully saturated rings. The molecule has 0 spiro atoms. The van der Waals surface area contributed by atoms with Crippen molar-refractivity contribution in [3.8, 4) is 0 Å². The van der Waals surface area contributed by atoms with E-state index in [1.807, 2.05) is 0 Å². The normalized spacial score (nSPS) is 36.0. The minimum absolute atomic E-state index is 0.255. The van der Waals surface area contributed by atoms with Crippen LogP contribution in [-0.2, 0) is 0 Å². The molecule has 0 aromatic heterocycles. The van der Waals surface area contributed by atoms with E-state index in [9.17, 15) is 5.11 Å². The molecule has 2 unspecified atom stereocenters. The molecule has 0 aromatic rings. The Bertz CT molecular complexity index is 281. The average Bonchev–Trinajstić information content (AvgIpc) is 3.07. The monoisotopic (exact) mass is 253 g/mol. The molecule has 1 heterocycles. The lowest BCUT2D eigenvalue weighted by Gasteiger charge is -2.39. The van der Waals surface area contributed by atoms with Crippen molar-refractivity contribution in [2.45, 2.75) is 53.4 Å². The van der Waals surface area contributed by atoms with E-state index in [-0.39, 0.29) is 5.41 Å². The number of hydrogen-bond donors (Lipinski definition) is 1.